The molecular weight excluding hydrogens is 284 g/mol. The van der Waals surface area contributed by atoms with E-state index in [1.54, 1.807) is 0 Å². The van der Waals surface area contributed by atoms with E-state index in [9.17, 15) is 4.79 Å². The minimum absolute atomic E-state index is 0.0429. The van der Waals surface area contributed by atoms with Crippen molar-refractivity contribution in [2.24, 2.45) is 5.92 Å². The predicted molar refractivity (Wildman–Crippen MR) is 93.6 cm³/mol. The molecule has 3 nitrogen and oxygen atoms in total. The Labute approximate surface area is 135 Å². The number of aromatic amines is 1. The molecule has 0 radical (unpaired) electrons. The number of anilines is 1. The number of fused-ring (bicyclic) bond motifs is 3. The first kappa shape index (κ1) is 14.1. The zero-order valence-electron chi connectivity index (χ0n) is 13.2. The number of amides is 1. The van der Waals surface area contributed by atoms with Crippen LogP contribution in [0.4, 0.5) is 5.69 Å². The highest BCUT2D eigenvalue weighted by Gasteiger charge is 2.27. The SMILES string of the molecule is Cc1ccccc1NC(=O)C1CCc2[nH]c3ccccc3c2C1. The Kier molecular flexibility index (Phi) is 3.41. The first-order valence-electron chi connectivity index (χ1n) is 8.17. The van der Waals surface area contributed by atoms with Crippen LogP contribution in [0.1, 0.15) is 23.2 Å². The van der Waals surface area contributed by atoms with E-state index < -0.39 is 0 Å². The Morgan fingerprint density at radius 2 is 1.91 bits per heavy atom. The van der Waals surface area contributed by atoms with Crippen molar-refractivity contribution in [2.75, 3.05) is 5.32 Å². The zero-order chi connectivity index (χ0) is 15.8. The first-order valence-corrected chi connectivity index (χ1v) is 8.17. The highest BCUT2D eigenvalue weighted by atomic mass is 16.1. The summed E-state index contributed by atoms with van der Waals surface area (Å²) in [5.41, 5.74) is 5.81. The maximum atomic E-state index is 12.7. The molecule has 0 saturated heterocycles. The molecule has 0 spiro atoms. The molecule has 1 aromatic heterocycles. The normalized spacial score (nSPS) is 17.0. The van der Waals surface area contributed by atoms with E-state index in [1.165, 1.54) is 22.2 Å². The summed E-state index contributed by atoms with van der Waals surface area (Å²) in [5.74, 6) is 0.177. The van der Waals surface area contributed by atoms with Crippen LogP contribution in [0.25, 0.3) is 10.9 Å². The number of para-hydroxylation sites is 2. The zero-order valence-corrected chi connectivity index (χ0v) is 13.2. The number of hydrogen-bond acceptors (Lipinski definition) is 1. The molecule has 1 amide bonds. The monoisotopic (exact) mass is 304 g/mol. The smallest absolute Gasteiger partial charge is 0.227 e. The summed E-state index contributed by atoms with van der Waals surface area (Å²) >= 11 is 0. The number of hydrogen-bond donors (Lipinski definition) is 2. The molecule has 1 heterocycles. The molecule has 3 aromatic rings. The molecule has 3 heteroatoms. The van der Waals surface area contributed by atoms with E-state index in [-0.39, 0.29) is 11.8 Å². The van der Waals surface area contributed by atoms with Crippen LogP contribution in [0.2, 0.25) is 0 Å². The van der Waals surface area contributed by atoms with Gasteiger partial charge in [-0.3, -0.25) is 4.79 Å². The minimum atomic E-state index is 0.0429. The number of H-pyrrole nitrogens is 1. The van der Waals surface area contributed by atoms with Gasteiger partial charge < -0.3 is 10.3 Å². The molecule has 2 N–H and O–H groups in total. The fourth-order valence-electron chi connectivity index (χ4n) is 3.54. The fraction of sp³-hybridized carbons (Fsp3) is 0.250. The number of rotatable bonds is 2. The van der Waals surface area contributed by atoms with Crippen molar-refractivity contribution in [3.63, 3.8) is 0 Å². The van der Waals surface area contributed by atoms with E-state index in [0.717, 1.165) is 30.5 Å². The topological polar surface area (TPSA) is 44.9 Å². The summed E-state index contributed by atoms with van der Waals surface area (Å²) in [6.07, 6.45) is 2.66. The van der Waals surface area contributed by atoms with Crippen LogP contribution in [-0.4, -0.2) is 10.9 Å². The summed E-state index contributed by atoms with van der Waals surface area (Å²) in [4.78, 5) is 16.2. The summed E-state index contributed by atoms with van der Waals surface area (Å²) in [7, 11) is 0. The average Bonchev–Trinajstić information content (AvgIpc) is 2.94. The fourth-order valence-corrected chi connectivity index (χ4v) is 3.54. The molecule has 23 heavy (non-hydrogen) atoms. The standard InChI is InChI=1S/C20H20N2O/c1-13-6-2-4-8-17(13)22-20(23)14-10-11-19-16(12-14)15-7-3-5-9-18(15)21-19/h2-9,14,21H,10-12H2,1H3,(H,22,23). The van der Waals surface area contributed by atoms with Crippen LogP contribution in [0.5, 0.6) is 0 Å². The largest absolute Gasteiger partial charge is 0.358 e. The second kappa shape index (κ2) is 5.58. The van der Waals surface area contributed by atoms with Gasteiger partial charge in [-0.1, -0.05) is 36.4 Å². The molecule has 1 atom stereocenters. The number of benzene rings is 2. The van der Waals surface area contributed by atoms with E-state index in [1.807, 2.05) is 37.3 Å². The molecule has 2 aromatic carbocycles. The van der Waals surface area contributed by atoms with Crippen LogP contribution < -0.4 is 5.32 Å². The van der Waals surface area contributed by atoms with Gasteiger partial charge in [0.2, 0.25) is 5.91 Å². The lowest BCUT2D eigenvalue weighted by atomic mass is 9.85. The third-order valence-corrected chi connectivity index (χ3v) is 4.87. The summed E-state index contributed by atoms with van der Waals surface area (Å²) in [5, 5.41) is 4.36. The Morgan fingerprint density at radius 1 is 1.13 bits per heavy atom. The van der Waals surface area contributed by atoms with Gasteiger partial charge in [-0.25, -0.2) is 0 Å². The van der Waals surface area contributed by atoms with Gasteiger partial charge in [-0.15, -0.1) is 0 Å². The Hall–Kier alpha value is -2.55. The molecule has 1 unspecified atom stereocenters. The number of nitrogens with one attached hydrogen (secondary N) is 2. The molecule has 0 saturated carbocycles. The van der Waals surface area contributed by atoms with Crippen molar-refractivity contribution < 1.29 is 4.79 Å². The van der Waals surface area contributed by atoms with E-state index in [2.05, 4.69) is 28.5 Å². The van der Waals surface area contributed by atoms with Crippen LogP contribution in [0, 0.1) is 12.8 Å². The summed E-state index contributed by atoms with van der Waals surface area (Å²) < 4.78 is 0. The molecule has 1 aliphatic carbocycles. The van der Waals surface area contributed by atoms with Gasteiger partial charge in [0.25, 0.3) is 0 Å². The molecule has 0 fully saturated rings. The molecule has 4 rings (SSSR count). The number of aromatic nitrogens is 1. The van der Waals surface area contributed by atoms with Crippen molar-refractivity contribution in [2.45, 2.75) is 26.2 Å². The Balaban J connectivity index is 1.58. The predicted octanol–water partition coefficient (Wildman–Crippen LogP) is 4.22. The van der Waals surface area contributed by atoms with Gasteiger partial charge in [0.1, 0.15) is 0 Å². The highest BCUT2D eigenvalue weighted by Crippen LogP contribution is 2.32. The molecule has 0 aliphatic heterocycles. The first-order chi connectivity index (χ1) is 11.2. The molecular formula is C20H20N2O. The van der Waals surface area contributed by atoms with Crippen molar-refractivity contribution in [3.05, 3.63) is 65.4 Å². The third kappa shape index (κ3) is 2.52. The van der Waals surface area contributed by atoms with Crippen molar-refractivity contribution in [3.8, 4) is 0 Å². The van der Waals surface area contributed by atoms with E-state index in [4.69, 9.17) is 0 Å². The van der Waals surface area contributed by atoms with Crippen LogP contribution in [0.3, 0.4) is 0 Å². The van der Waals surface area contributed by atoms with E-state index in [0.29, 0.717) is 0 Å². The van der Waals surface area contributed by atoms with Crippen molar-refractivity contribution in [1.29, 1.82) is 0 Å². The Bertz CT molecular complexity index is 878. The van der Waals surface area contributed by atoms with Crippen molar-refractivity contribution >= 4 is 22.5 Å². The quantitative estimate of drug-likeness (QED) is 0.731. The third-order valence-electron chi connectivity index (χ3n) is 4.87. The minimum Gasteiger partial charge on any atom is -0.358 e. The lowest BCUT2D eigenvalue weighted by Gasteiger charge is -2.22. The van der Waals surface area contributed by atoms with Crippen molar-refractivity contribution in [1.82, 2.24) is 4.98 Å². The summed E-state index contributed by atoms with van der Waals surface area (Å²) in [6, 6.07) is 16.3. The number of aryl methyl sites for hydroxylation is 2. The van der Waals surface area contributed by atoms with Gasteiger partial charge >= 0.3 is 0 Å². The number of carbonyl (C=O) groups is 1. The number of carbonyl (C=O) groups excluding carboxylic acids is 1. The maximum Gasteiger partial charge on any atom is 0.227 e. The van der Waals surface area contributed by atoms with Crippen LogP contribution in [-0.2, 0) is 17.6 Å². The lowest BCUT2D eigenvalue weighted by molar-refractivity contribution is -0.120. The molecule has 1 aliphatic rings. The Morgan fingerprint density at radius 3 is 2.78 bits per heavy atom. The van der Waals surface area contributed by atoms with Gasteiger partial charge in [0, 0.05) is 28.2 Å². The van der Waals surface area contributed by atoms with Crippen LogP contribution in [0.15, 0.2) is 48.5 Å². The second-order valence-corrected chi connectivity index (χ2v) is 6.37. The van der Waals surface area contributed by atoms with Gasteiger partial charge in [-0.2, -0.15) is 0 Å². The molecule has 116 valence electrons. The highest BCUT2D eigenvalue weighted by molar-refractivity contribution is 5.94. The van der Waals surface area contributed by atoms with E-state index >= 15 is 0 Å². The van der Waals surface area contributed by atoms with Crippen LogP contribution >= 0.6 is 0 Å². The van der Waals surface area contributed by atoms with Gasteiger partial charge in [0.15, 0.2) is 0 Å². The maximum absolute atomic E-state index is 12.7. The average molecular weight is 304 g/mol. The summed E-state index contributed by atoms with van der Waals surface area (Å²) in [6.45, 7) is 2.02. The lowest BCUT2D eigenvalue weighted by Crippen LogP contribution is -2.28. The van der Waals surface area contributed by atoms with Gasteiger partial charge in [-0.05, 0) is 49.4 Å². The molecule has 0 bridgehead atoms. The second-order valence-electron chi connectivity index (χ2n) is 6.37. The van der Waals surface area contributed by atoms with Gasteiger partial charge in [0.05, 0.1) is 0 Å².